The van der Waals surface area contributed by atoms with Gasteiger partial charge in [-0.3, -0.25) is 4.90 Å². The summed E-state index contributed by atoms with van der Waals surface area (Å²) in [5, 5.41) is 0. The molecule has 0 saturated carbocycles. The maximum absolute atomic E-state index is 6.41. The second kappa shape index (κ2) is 7.78. The molecule has 3 atom stereocenters. The van der Waals surface area contributed by atoms with Crippen molar-refractivity contribution in [3.63, 3.8) is 0 Å². The summed E-state index contributed by atoms with van der Waals surface area (Å²) < 4.78 is 11.3. The molecule has 1 saturated heterocycles. The minimum absolute atomic E-state index is 0.0766. The number of nitrogens with two attached hydrogens (primary N) is 1. The molecule has 1 aromatic carbocycles. The Bertz CT molecular complexity index is 433. The maximum atomic E-state index is 6.41. The number of rotatable bonds is 7. The van der Waals surface area contributed by atoms with Crippen LogP contribution in [0.2, 0.25) is 0 Å². The van der Waals surface area contributed by atoms with Gasteiger partial charge in [0.15, 0.2) is 0 Å². The minimum atomic E-state index is 0.0766. The zero-order valence-corrected chi connectivity index (χ0v) is 13.4. The largest absolute Gasteiger partial charge is 0.496 e. The molecule has 0 aliphatic carbocycles. The maximum Gasteiger partial charge on any atom is 0.123 e. The molecule has 0 spiro atoms. The molecule has 4 heteroatoms. The van der Waals surface area contributed by atoms with Gasteiger partial charge in [-0.2, -0.15) is 0 Å². The fourth-order valence-corrected chi connectivity index (χ4v) is 3.15. The number of hydrogen-bond acceptors (Lipinski definition) is 4. The first-order valence-electron chi connectivity index (χ1n) is 7.87. The van der Waals surface area contributed by atoms with Gasteiger partial charge in [0.1, 0.15) is 5.75 Å². The van der Waals surface area contributed by atoms with Gasteiger partial charge in [0.2, 0.25) is 0 Å². The van der Waals surface area contributed by atoms with E-state index >= 15 is 0 Å². The highest BCUT2D eigenvalue weighted by atomic mass is 16.5. The molecular weight excluding hydrogens is 264 g/mol. The van der Waals surface area contributed by atoms with Crippen molar-refractivity contribution in [2.75, 3.05) is 27.3 Å². The van der Waals surface area contributed by atoms with Crippen molar-refractivity contribution in [1.82, 2.24) is 4.90 Å². The van der Waals surface area contributed by atoms with Crippen LogP contribution < -0.4 is 10.5 Å². The Morgan fingerprint density at radius 2 is 2.19 bits per heavy atom. The molecule has 0 aromatic heterocycles. The third kappa shape index (κ3) is 3.96. The number of benzene rings is 1. The van der Waals surface area contributed by atoms with Crippen molar-refractivity contribution >= 4 is 0 Å². The Labute approximate surface area is 128 Å². The molecule has 21 heavy (non-hydrogen) atoms. The predicted molar refractivity (Wildman–Crippen MR) is 85.6 cm³/mol. The van der Waals surface area contributed by atoms with E-state index in [1.165, 1.54) is 0 Å². The van der Waals surface area contributed by atoms with Crippen molar-refractivity contribution in [1.29, 1.82) is 0 Å². The summed E-state index contributed by atoms with van der Waals surface area (Å²) in [7, 11) is 3.85. The lowest BCUT2D eigenvalue weighted by Crippen LogP contribution is -2.42. The van der Waals surface area contributed by atoms with Gasteiger partial charge in [-0.25, -0.2) is 0 Å². The number of likely N-dealkylation sites (N-methyl/N-ethyl adjacent to an activating group) is 1. The van der Waals surface area contributed by atoms with Gasteiger partial charge in [0.05, 0.1) is 19.3 Å². The first kappa shape index (κ1) is 16.3. The predicted octanol–water partition coefficient (Wildman–Crippen LogP) is 2.58. The minimum Gasteiger partial charge on any atom is -0.496 e. The van der Waals surface area contributed by atoms with E-state index in [2.05, 4.69) is 24.9 Å². The molecule has 4 nitrogen and oxygen atoms in total. The first-order valence-corrected chi connectivity index (χ1v) is 7.87. The molecule has 1 fully saturated rings. The average Bonchev–Trinajstić information content (AvgIpc) is 3.00. The smallest absolute Gasteiger partial charge is 0.123 e. The normalized spacial score (nSPS) is 21.5. The Balaban J connectivity index is 2.20. The Morgan fingerprint density at radius 1 is 1.43 bits per heavy atom. The highest BCUT2D eigenvalue weighted by Gasteiger charge is 2.28. The molecule has 0 bridgehead atoms. The topological polar surface area (TPSA) is 47.7 Å². The molecule has 0 amide bonds. The molecule has 2 N–H and O–H groups in total. The lowest BCUT2D eigenvalue weighted by atomic mass is 9.95. The summed E-state index contributed by atoms with van der Waals surface area (Å²) in [5.74, 6) is 0.908. The van der Waals surface area contributed by atoms with Crippen LogP contribution in [0, 0.1) is 0 Å². The molecule has 118 valence electrons. The quantitative estimate of drug-likeness (QED) is 0.839. The second-order valence-electron chi connectivity index (χ2n) is 5.83. The van der Waals surface area contributed by atoms with E-state index in [0.29, 0.717) is 6.10 Å². The van der Waals surface area contributed by atoms with Crippen LogP contribution in [0.1, 0.15) is 37.8 Å². The summed E-state index contributed by atoms with van der Waals surface area (Å²) in [5.41, 5.74) is 7.57. The average molecular weight is 292 g/mol. The van der Waals surface area contributed by atoms with E-state index < -0.39 is 0 Å². The summed E-state index contributed by atoms with van der Waals surface area (Å²) >= 11 is 0. The summed E-state index contributed by atoms with van der Waals surface area (Å²) in [6, 6.07) is 8.39. The van der Waals surface area contributed by atoms with Crippen LogP contribution in [-0.4, -0.2) is 44.4 Å². The van der Waals surface area contributed by atoms with Gasteiger partial charge in [0.25, 0.3) is 0 Å². The number of methoxy groups -OCH3 is 1. The summed E-state index contributed by atoms with van der Waals surface area (Å²) in [6.45, 7) is 3.93. The fraction of sp³-hybridized carbons (Fsp3) is 0.647. The molecular formula is C17H28N2O2. The van der Waals surface area contributed by atoms with Gasteiger partial charge < -0.3 is 15.2 Å². The molecule has 0 radical (unpaired) electrons. The van der Waals surface area contributed by atoms with Crippen LogP contribution in [0.5, 0.6) is 5.75 Å². The lowest BCUT2D eigenvalue weighted by molar-refractivity contribution is 0.0624. The van der Waals surface area contributed by atoms with E-state index in [0.717, 1.165) is 43.7 Å². The molecule has 1 aliphatic rings. The third-order valence-electron chi connectivity index (χ3n) is 4.33. The van der Waals surface area contributed by atoms with Gasteiger partial charge in [0, 0.05) is 24.8 Å². The fourth-order valence-electron chi connectivity index (χ4n) is 3.15. The summed E-state index contributed by atoms with van der Waals surface area (Å²) in [4.78, 5) is 2.32. The molecule has 2 rings (SSSR count). The van der Waals surface area contributed by atoms with Crippen molar-refractivity contribution in [3.8, 4) is 5.75 Å². The van der Waals surface area contributed by atoms with Crippen molar-refractivity contribution < 1.29 is 9.47 Å². The SMILES string of the molecule is CCC(N)C(c1ccccc1OC)N(C)CC1CCCO1. The zero-order valence-electron chi connectivity index (χ0n) is 13.4. The van der Waals surface area contributed by atoms with E-state index in [1.807, 2.05) is 18.2 Å². The van der Waals surface area contributed by atoms with Gasteiger partial charge in [-0.15, -0.1) is 0 Å². The molecule has 1 aromatic rings. The Kier molecular flexibility index (Phi) is 6.03. The number of nitrogens with zero attached hydrogens (tertiary/aromatic N) is 1. The highest BCUT2D eigenvalue weighted by molar-refractivity contribution is 5.36. The van der Waals surface area contributed by atoms with Gasteiger partial charge in [-0.05, 0) is 32.4 Å². The Morgan fingerprint density at radius 3 is 2.81 bits per heavy atom. The number of ether oxygens (including phenoxy) is 2. The van der Waals surface area contributed by atoms with E-state index in [1.54, 1.807) is 7.11 Å². The lowest BCUT2D eigenvalue weighted by Gasteiger charge is -2.34. The molecule has 1 aliphatic heterocycles. The van der Waals surface area contributed by atoms with Gasteiger partial charge in [-0.1, -0.05) is 25.1 Å². The standard InChI is InChI=1S/C17H28N2O2/c1-4-15(18)17(14-9-5-6-10-16(14)20-3)19(2)12-13-8-7-11-21-13/h5-6,9-10,13,15,17H,4,7-8,11-12,18H2,1-3H3. The highest BCUT2D eigenvalue weighted by Crippen LogP contribution is 2.32. The monoisotopic (exact) mass is 292 g/mol. The second-order valence-corrected chi connectivity index (χ2v) is 5.83. The van der Waals surface area contributed by atoms with E-state index in [9.17, 15) is 0 Å². The van der Waals surface area contributed by atoms with Crippen LogP contribution in [0.4, 0.5) is 0 Å². The van der Waals surface area contributed by atoms with Gasteiger partial charge >= 0.3 is 0 Å². The van der Waals surface area contributed by atoms with E-state index in [4.69, 9.17) is 15.2 Å². The molecule has 3 unspecified atom stereocenters. The van der Waals surface area contributed by atoms with Crippen LogP contribution in [0.15, 0.2) is 24.3 Å². The van der Waals surface area contributed by atoms with E-state index in [-0.39, 0.29) is 12.1 Å². The van der Waals surface area contributed by atoms with Crippen LogP contribution in [0.3, 0.4) is 0 Å². The van der Waals surface area contributed by atoms with Crippen LogP contribution in [0.25, 0.3) is 0 Å². The third-order valence-corrected chi connectivity index (χ3v) is 4.33. The zero-order chi connectivity index (χ0) is 15.2. The van der Waals surface area contributed by atoms with Crippen LogP contribution >= 0.6 is 0 Å². The number of hydrogen-bond donors (Lipinski definition) is 1. The summed E-state index contributed by atoms with van der Waals surface area (Å²) in [6.07, 6.45) is 3.57. The van der Waals surface area contributed by atoms with Crippen molar-refractivity contribution in [2.24, 2.45) is 5.73 Å². The first-order chi connectivity index (χ1) is 10.2. The van der Waals surface area contributed by atoms with Crippen LogP contribution in [-0.2, 0) is 4.74 Å². The molecule has 1 heterocycles. The van der Waals surface area contributed by atoms with Crippen molar-refractivity contribution in [2.45, 2.75) is 44.4 Å². The Hall–Kier alpha value is -1.10. The number of para-hydroxylation sites is 1. The van der Waals surface area contributed by atoms with Crippen molar-refractivity contribution in [3.05, 3.63) is 29.8 Å².